The van der Waals surface area contributed by atoms with Crippen LogP contribution in [0.25, 0.3) is 11.1 Å². The fraction of sp³-hybridized carbons (Fsp3) is 0.753. The SMILES string of the molecule is C[C@H]1[C@H](OC(=O)CCC(=O)OCC(COC(=O)CCC(=O)O[C@@H]2O[C@@H]3O[C@@]4(C)CC[C@H]5[C@H](C)CC[C@@H]([C@H]2C)[C@@]35OO4)(COC(=O)CCC(=O)O[C@@H]2O[C@@H]3O[C@@]4(C)CC[C@H]5[C@H](C)CC[C@@](C)([C@H]2C)[C@@]35OO4)NC(=O)OCC2c3ccccc3-c3ccccc32)O[C@@H]2O[C@@]3(C)CC[C@H]4[C@H](C)CC[C@@H]1[C@@]24OO3. The first-order valence-electron chi connectivity index (χ1n) is 37.9. The van der Waals surface area contributed by atoms with Crippen LogP contribution in [0, 0.1) is 70.5 Å². The van der Waals surface area contributed by atoms with Gasteiger partial charge >= 0.3 is 41.9 Å². The van der Waals surface area contributed by atoms with E-state index in [1.54, 1.807) is 20.8 Å². The summed E-state index contributed by atoms with van der Waals surface area (Å²) in [5.74, 6) is -9.27. The molecule has 2 aromatic carbocycles. The zero-order valence-electron chi connectivity index (χ0n) is 61.2. The lowest BCUT2D eigenvalue weighted by molar-refractivity contribution is -0.586. The lowest BCUT2D eigenvalue weighted by atomic mass is 9.50. The van der Waals surface area contributed by atoms with Crippen molar-refractivity contribution in [3.63, 3.8) is 0 Å². The number of hydrogen-bond donors (Lipinski definition) is 1. The van der Waals surface area contributed by atoms with Gasteiger partial charge in [0.25, 0.3) is 0 Å². The Hall–Kier alpha value is -5.95. The number of hydrogen-bond acceptors (Lipinski definition) is 26. The zero-order valence-corrected chi connectivity index (χ0v) is 61.2. The maximum Gasteiger partial charge on any atom is 0.407 e. The second-order valence-corrected chi connectivity index (χ2v) is 33.1. The van der Waals surface area contributed by atoms with E-state index in [2.05, 4.69) is 33.0 Å². The highest BCUT2D eigenvalue weighted by molar-refractivity contribution is 5.81. The fourth-order valence-corrected chi connectivity index (χ4v) is 20.4. The highest BCUT2D eigenvalue weighted by Crippen LogP contribution is 2.67. The molecular weight excluding hydrogens is 1350 g/mol. The molecule has 570 valence electrons. The van der Waals surface area contributed by atoms with Crippen molar-refractivity contribution in [3.8, 4) is 11.1 Å². The maximum absolute atomic E-state index is 14.6. The van der Waals surface area contributed by atoms with Gasteiger partial charge in [-0.05, 0) is 136 Å². The molecule has 0 radical (unpaired) electrons. The lowest BCUT2D eigenvalue weighted by Gasteiger charge is -2.65. The van der Waals surface area contributed by atoms with Crippen molar-refractivity contribution in [1.29, 1.82) is 0 Å². The molecule has 27 nitrogen and oxygen atoms in total. The second-order valence-electron chi connectivity index (χ2n) is 33.1. The molecular formula is C77H101NO26. The average molecular weight is 1460 g/mol. The normalized spacial score (nSPS) is 42.3. The summed E-state index contributed by atoms with van der Waals surface area (Å²) in [5, 5.41) is 2.72. The van der Waals surface area contributed by atoms with Crippen molar-refractivity contribution in [3.05, 3.63) is 59.7 Å². The Bertz CT molecular complexity index is 3470. The molecule has 6 bridgehead atoms. The minimum absolute atomic E-state index is 0.0366. The van der Waals surface area contributed by atoms with Crippen molar-refractivity contribution in [1.82, 2.24) is 5.32 Å². The van der Waals surface area contributed by atoms with Crippen molar-refractivity contribution >= 4 is 41.9 Å². The van der Waals surface area contributed by atoms with Gasteiger partial charge in [0.1, 0.15) is 32.0 Å². The third-order valence-corrected chi connectivity index (χ3v) is 26.7. The van der Waals surface area contributed by atoms with Crippen LogP contribution >= 0.6 is 0 Å². The molecule has 0 unspecified atom stereocenters. The molecule has 3 saturated carbocycles. The third kappa shape index (κ3) is 12.8. The first kappa shape index (κ1) is 73.6. The van der Waals surface area contributed by atoms with Crippen LogP contribution in [0.2, 0.25) is 0 Å². The Labute approximate surface area is 605 Å². The van der Waals surface area contributed by atoms with E-state index in [1.807, 2.05) is 69.3 Å². The van der Waals surface area contributed by atoms with Gasteiger partial charge in [-0.1, -0.05) is 97.0 Å². The monoisotopic (exact) mass is 1460 g/mol. The van der Waals surface area contributed by atoms with Gasteiger partial charge in [-0.3, -0.25) is 28.8 Å². The number of carbonyl (C=O) groups excluding carboxylic acids is 7. The highest BCUT2D eigenvalue weighted by atomic mass is 17.3. The van der Waals surface area contributed by atoms with Crippen LogP contribution in [-0.4, -0.2) is 146 Å². The van der Waals surface area contributed by atoms with Crippen molar-refractivity contribution in [2.24, 2.45) is 70.5 Å². The molecule has 12 heterocycles. The summed E-state index contributed by atoms with van der Waals surface area (Å²) >= 11 is 0. The van der Waals surface area contributed by atoms with E-state index in [9.17, 15) is 33.6 Å². The first-order chi connectivity index (χ1) is 49.6. The summed E-state index contributed by atoms with van der Waals surface area (Å²) in [4.78, 5) is 136. The molecule has 16 aliphatic rings. The van der Waals surface area contributed by atoms with Crippen LogP contribution in [0.3, 0.4) is 0 Å². The molecule has 0 aromatic heterocycles. The third-order valence-electron chi connectivity index (χ3n) is 26.7. The van der Waals surface area contributed by atoms with E-state index in [0.29, 0.717) is 37.5 Å². The molecule has 12 aliphatic heterocycles. The van der Waals surface area contributed by atoms with Gasteiger partial charge in [0.2, 0.25) is 36.2 Å². The van der Waals surface area contributed by atoms with Crippen LogP contribution in [0.4, 0.5) is 4.79 Å². The van der Waals surface area contributed by atoms with Gasteiger partial charge in [-0.15, -0.1) is 0 Å². The molecule has 3 spiro atoms. The molecule has 1 N–H and O–H groups in total. The van der Waals surface area contributed by atoms with E-state index in [1.165, 1.54) is 0 Å². The van der Waals surface area contributed by atoms with E-state index < -0.39 is 195 Å². The van der Waals surface area contributed by atoms with Gasteiger partial charge in [0.05, 0.1) is 38.5 Å². The number of esters is 6. The van der Waals surface area contributed by atoms with Crippen LogP contribution in [-0.2, 0) is 120 Å². The summed E-state index contributed by atoms with van der Waals surface area (Å²) in [6.45, 7) is 17.1. The Morgan fingerprint density at radius 1 is 0.433 bits per heavy atom. The van der Waals surface area contributed by atoms with Crippen LogP contribution < -0.4 is 5.32 Å². The minimum atomic E-state index is -2.15. The molecule has 12 saturated heterocycles. The smallest absolute Gasteiger partial charge is 0.407 e. The van der Waals surface area contributed by atoms with Gasteiger partial charge in [0.15, 0.2) is 35.7 Å². The summed E-state index contributed by atoms with van der Waals surface area (Å²) in [7, 11) is 0. The van der Waals surface area contributed by atoms with Crippen LogP contribution in [0.15, 0.2) is 48.5 Å². The summed E-state index contributed by atoms with van der Waals surface area (Å²) in [6.07, 6.45) is -1.04. The van der Waals surface area contributed by atoms with Crippen molar-refractivity contribution in [2.75, 3.05) is 26.4 Å². The predicted octanol–water partition coefficient (Wildman–Crippen LogP) is 10.9. The Morgan fingerprint density at radius 3 is 1.32 bits per heavy atom. The van der Waals surface area contributed by atoms with Crippen molar-refractivity contribution in [2.45, 2.75) is 268 Å². The van der Waals surface area contributed by atoms with Gasteiger partial charge in [-0.2, -0.15) is 0 Å². The molecule has 27 heteroatoms. The Balaban J connectivity index is 0.640. The van der Waals surface area contributed by atoms with Gasteiger partial charge < -0.3 is 66.9 Å². The standard InChI is InChI=1S/C77H101NO26/c1-41-19-21-55-44(4)63(93-66-75(55)52(41)30-34-71(8,96-66)99-102-75)90-60(82)26-23-57(79)87-38-74(78-69(85)86-37-51-49-17-13-11-15-47(49)48-16-12-14-18-50(48)51,39-88-58(80)24-27-61(83)91-64-45(5)56-22-20-42(2)53-31-35-72(9)97-67(94-64)76(53,56)103-100-72)40-89-59(81)25-28-62(84)92-65-46(6)70(7)33-29-43(3)54-32-36-73(10)98-68(95-65)77(54,70)104-101-73/h11-18,41-46,51-56,63-68H,19-40H2,1-10H3,(H,78,85)/t41-,42-,43-,44-,45-,46+,52+,53+,54+,55+,56+,63-,64-,65-,66-,67-,68-,70+,71-,72-,73-,75-,76-,77+/m1/s1. The molecule has 2 aromatic rings. The van der Waals surface area contributed by atoms with Crippen molar-refractivity contribution < 1.29 is 124 Å². The molecule has 1 amide bonds. The van der Waals surface area contributed by atoms with E-state index in [0.717, 1.165) is 73.6 Å². The van der Waals surface area contributed by atoms with Crippen LogP contribution in [0.5, 0.6) is 0 Å². The maximum atomic E-state index is 14.6. The quantitative estimate of drug-likeness (QED) is 0.0689. The largest absolute Gasteiger partial charge is 0.463 e. The number of fused-ring (bicyclic) bond motifs is 9. The summed E-state index contributed by atoms with van der Waals surface area (Å²) in [6, 6.07) is 15.5. The molecule has 15 fully saturated rings. The van der Waals surface area contributed by atoms with Crippen LogP contribution in [0.1, 0.15) is 202 Å². The second kappa shape index (κ2) is 27.9. The van der Waals surface area contributed by atoms with E-state index in [4.69, 9.17) is 90.9 Å². The summed E-state index contributed by atoms with van der Waals surface area (Å²) in [5.41, 5.74) is -1.83. The lowest BCUT2D eigenvalue weighted by Crippen LogP contribution is -2.74. The predicted molar refractivity (Wildman–Crippen MR) is 355 cm³/mol. The number of amides is 1. The molecule has 104 heavy (non-hydrogen) atoms. The molecule has 24 atom stereocenters. The zero-order chi connectivity index (χ0) is 73.1. The highest BCUT2D eigenvalue weighted by Gasteiger charge is 2.76. The number of ether oxygens (including phenoxy) is 13. The Morgan fingerprint density at radius 2 is 0.837 bits per heavy atom. The minimum Gasteiger partial charge on any atom is -0.463 e. The average Bonchev–Trinajstić information content (AvgIpc) is 1.22. The van der Waals surface area contributed by atoms with Gasteiger partial charge in [-0.25, -0.2) is 34.1 Å². The van der Waals surface area contributed by atoms with E-state index in [-0.39, 0.29) is 54.0 Å². The fourth-order valence-electron chi connectivity index (χ4n) is 20.4. The molecule has 4 aliphatic carbocycles. The number of nitrogens with one attached hydrogen (secondary N) is 1. The summed E-state index contributed by atoms with van der Waals surface area (Å²) < 4.78 is 80.6. The number of carbonyl (C=O) groups is 7. The first-order valence-corrected chi connectivity index (χ1v) is 37.9. The van der Waals surface area contributed by atoms with Gasteiger partial charge in [0, 0.05) is 60.2 Å². The van der Waals surface area contributed by atoms with E-state index >= 15 is 0 Å². The number of alkyl carbamates (subject to hydrolysis) is 1. The molecule has 18 rings (SSSR count). The topological polar surface area (TPSA) is 307 Å². The number of benzene rings is 2. The number of rotatable bonds is 21. The Kier molecular flexibility index (Phi) is 19.8.